The Morgan fingerprint density at radius 1 is 1.19 bits per heavy atom. The zero-order chi connectivity index (χ0) is 15.2. The number of aryl methyl sites for hydroxylation is 1. The van der Waals surface area contributed by atoms with Crippen LogP contribution in [-0.4, -0.2) is 35.0 Å². The van der Waals surface area contributed by atoms with Crippen molar-refractivity contribution >= 4 is 5.69 Å². The summed E-state index contributed by atoms with van der Waals surface area (Å²) in [7, 11) is 1.69. The van der Waals surface area contributed by atoms with Crippen LogP contribution in [0.25, 0.3) is 5.69 Å². The first-order valence-corrected chi connectivity index (χ1v) is 7.51. The third-order valence-electron chi connectivity index (χ3n) is 3.37. The molecule has 0 saturated carbocycles. The molecule has 0 aliphatic heterocycles. The van der Waals surface area contributed by atoms with Gasteiger partial charge in [0.1, 0.15) is 23.6 Å². The number of ether oxygens (including phenoxy) is 1. The molecule has 0 fully saturated rings. The lowest BCUT2D eigenvalue weighted by atomic mass is 10.2. The van der Waals surface area contributed by atoms with Crippen molar-refractivity contribution in [1.82, 2.24) is 14.8 Å². The lowest BCUT2D eigenvalue weighted by molar-refractivity contribution is 0.411. The van der Waals surface area contributed by atoms with Crippen LogP contribution < -0.4 is 9.64 Å². The highest BCUT2D eigenvalue weighted by atomic mass is 16.5. The lowest BCUT2D eigenvalue weighted by Gasteiger charge is -2.24. The Balaban J connectivity index is 2.35. The molecule has 0 amide bonds. The van der Waals surface area contributed by atoms with Crippen LogP contribution in [0.2, 0.25) is 0 Å². The number of anilines is 1. The smallest absolute Gasteiger partial charge is 0.147 e. The van der Waals surface area contributed by atoms with Crippen molar-refractivity contribution in [3.05, 3.63) is 30.4 Å². The molecular weight excluding hydrogens is 264 g/mol. The van der Waals surface area contributed by atoms with Crippen molar-refractivity contribution in [2.24, 2.45) is 0 Å². The molecule has 2 aromatic rings. The van der Waals surface area contributed by atoms with Crippen molar-refractivity contribution in [2.75, 3.05) is 25.1 Å². The van der Waals surface area contributed by atoms with E-state index in [9.17, 15) is 0 Å². The van der Waals surface area contributed by atoms with Gasteiger partial charge in [-0.1, -0.05) is 13.8 Å². The zero-order valence-corrected chi connectivity index (χ0v) is 13.3. The summed E-state index contributed by atoms with van der Waals surface area (Å²) in [5.74, 6) is 1.56. The molecule has 0 unspecified atom stereocenters. The summed E-state index contributed by atoms with van der Waals surface area (Å²) in [6, 6.07) is 6.25. The Labute approximate surface area is 126 Å². The fourth-order valence-electron chi connectivity index (χ4n) is 2.42. The summed E-state index contributed by atoms with van der Waals surface area (Å²) in [5.41, 5.74) is 2.10. The summed E-state index contributed by atoms with van der Waals surface area (Å²) in [6.07, 6.45) is 3.97. The van der Waals surface area contributed by atoms with Gasteiger partial charge in [0.2, 0.25) is 0 Å². The maximum absolute atomic E-state index is 5.54. The summed E-state index contributed by atoms with van der Waals surface area (Å²) in [6.45, 7) is 8.39. The molecule has 0 N–H and O–H groups in total. The third-order valence-corrected chi connectivity index (χ3v) is 3.37. The number of aromatic nitrogens is 3. The molecule has 0 saturated heterocycles. The van der Waals surface area contributed by atoms with Crippen LogP contribution in [0.5, 0.6) is 5.75 Å². The van der Waals surface area contributed by atoms with Crippen molar-refractivity contribution in [1.29, 1.82) is 0 Å². The minimum Gasteiger partial charge on any atom is -0.494 e. The first kappa shape index (κ1) is 15.4. The minimum atomic E-state index is 0.750. The fraction of sp³-hybridized carbons (Fsp3) is 0.500. The molecule has 0 atom stereocenters. The quantitative estimate of drug-likeness (QED) is 0.784. The average Bonchev–Trinajstić information content (AvgIpc) is 2.92. The first-order valence-electron chi connectivity index (χ1n) is 7.51. The van der Waals surface area contributed by atoms with E-state index < -0.39 is 0 Å². The van der Waals surface area contributed by atoms with Gasteiger partial charge < -0.3 is 9.64 Å². The van der Waals surface area contributed by atoms with Crippen molar-refractivity contribution in [3.8, 4) is 11.4 Å². The van der Waals surface area contributed by atoms with Gasteiger partial charge in [-0.3, -0.25) is 0 Å². The van der Waals surface area contributed by atoms with Gasteiger partial charge in [-0.25, -0.2) is 9.67 Å². The summed E-state index contributed by atoms with van der Waals surface area (Å²) >= 11 is 0. The molecule has 0 aliphatic carbocycles. The highest BCUT2D eigenvalue weighted by Crippen LogP contribution is 2.28. The number of nitrogens with zero attached hydrogens (tertiary/aromatic N) is 4. The average molecular weight is 288 g/mol. The number of hydrogen-bond donors (Lipinski definition) is 0. The summed E-state index contributed by atoms with van der Waals surface area (Å²) in [4.78, 5) is 6.56. The van der Waals surface area contributed by atoms with Gasteiger partial charge in [0, 0.05) is 24.8 Å². The molecular formula is C16H24N4O. The Morgan fingerprint density at radius 3 is 2.43 bits per heavy atom. The van der Waals surface area contributed by atoms with Crippen LogP contribution in [0, 0.1) is 6.92 Å². The number of hydrogen-bond acceptors (Lipinski definition) is 4. The maximum Gasteiger partial charge on any atom is 0.147 e. The zero-order valence-electron chi connectivity index (χ0n) is 13.3. The first-order chi connectivity index (χ1) is 10.2. The Hall–Kier alpha value is -2.04. The van der Waals surface area contributed by atoms with E-state index in [4.69, 9.17) is 4.74 Å². The topological polar surface area (TPSA) is 43.2 Å². The standard InChI is InChI=1S/C16H24N4O/c1-5-9-19(10-6-2)14-7-8-15(16(11-14)21-4)20-12-17-13(3)18-20/h7-8,11-12H,5-6,9-10H2,1-4H3. The Kier molecular flexibility index (Phi) is 5.20. The predicted molar refractivity (Wildman–Crippen MR) is 85.4 cm³/mol. The largest absolute Gasteiger partial charge is 0.494 e. The molecule has 0 radical (unpaired) electrons. The van der Waals surface area contributed by atoms with Crippen LogP contribution in [0.1, 0.15) is 32.5 Å². The third kappa shape index (κ3) is 3.54. The van der Waals surface area contributed by atoms with Crippen LogP contribution in [0.4, 0.5) is 5.69 Å². The molecule has 0 bridgehead atoms. The van der Waals surface area contributed by atoms with E-state index in [-0.39, 0.29) is 0 Å². The second-order valence-corrected chi connectivity index (χ2v) is 5.08. The molecule has 1 heterocycles. The molecule has 1 aromatic heterocycles. The Bertz CT molecular complexity index is 573. The van der Waals surface area contributed by atoms with Gasteiger partial charge in [-0.2, -0.15) is 5.10 Å². The maximum atomic E-state index is 5.54. The normalized spacial score (nSPS) is 10.7. The lowest BCUT2D eigenvalue weighted by Crippen LogP contribution is -2.24. The van der Waals surface area contributed by atoms with Gasteiger partial charge in [-0.05, 0) is 31.9 Å². The second kappa shape index (κ2) is 7.11. The Morgan fingerprint density at radius 2 is 1.90 bits per heavy atom. The van der Waals surface area contributed by atoms with E-state index in [2.05, 4.69) is 41.0 Å². The molecule has 0 spiro atoms. The SMILES string of the molecule is CCCN(CCC)c1ccc(-n2cnc(C)n2)c(OC)c1. The van der Waals surface area contributed by atoms with Crippen molar-refractivity contribution in [2.45, 2.75) is 33.6 Å². The van der Waals surface area contributed by atoms with Gasteiger partial charge in [-0.15, -0.1) is 0 Å². The second-order valence-electron chi connectivity index (χ2n) is 5.08. The van der Waals surface area contributed by atoms with E-state index in [1.54, 1.807) is 18.1 Å². The number of rotatable bonds is 7. The number of benzene rings is 1. The van der Waals surface area contributed by atoms with E-state index in [1.807, 2.05) is 13.0 Å². The van der Waals surface area contributed by atoms with Crippen molar-refractivity contribution < 1.29 is 4.74 Å². The molecule has 114 valence electrons. The van der Waals surface area contributed by atoms with Crippen LogP contribution in [0.15, 0.2) is 24.5 Å². The molecule has 1 aromatic carbocycles. The van der Waals surface area contributed by atoms with Crippen LogP contribution in [-0.2, 0) is 0 Å². The van der Waals surface area contributed by atoms with E-state index in [1.165, 1.54) is 5.69 Å². The van der Waals surface area contributed by atoms with Gasteiger partial charge in [0.25, 0.3) is 0 Å². The monoisotopic (exact) mass is 288 g/mol. The van der Waals surface area contributed by atoms with Gasteiger partial charge in [0.15, 0.2) is 0 Å². The predicted octanol–water partition coefficient (Wildman–Crippen LogP) is 3.21. The molecule has 0 aliphatic rings. The summed E-state index contributed by atoms with van der Waals surface area (Å²) in [5, 5.41) is 4.35. The van der Waals surface area contributed by atoms with Crippen molar-refractivity contribution in [3.63, 3.8) is 0 Å². The molecule has 5 heteroatoms. The molecule has 2 rings (SSSR count). The highest BCUT2D eigenvalue weighted by molar-refractivity contribution is 5.59. The number of methoxy groups -OCH3 is 1. The minimum absolute atomic E-state index is 0.750. The van der Waals surface area contributed by atoms with Gasteiger partial charge in [0.05, 0.1) is 7.11 Å². The van der Waals surface area contributed by atoms with Crippen LogP contribution >= 0.6 is 0 Å². The summed E-state index contributed by atoms with van der Waals surface area (Å²) < 4.78 is 7.29. The highest BCUT2D eigenvalue weighted by Gasteiger charge is 2.11. The van der Waals surface area contributed by atoms with Crippen LogP contribution in [0.3, 0.4) is 0 Å². The van der Waals surface area contributed by atoms with Gasteiger partial charge >= 0.3 is 0 Å². The van der Waals surface area contributed by atoms with E-state index >= 15 is 0 Å². The van der Waals surface area contributed by atoms with E-state index in [0.29, 0.717) is 0 Å². The fourth-order valence-corrected chi connectivity index (χ4v) is 2.42. The molecule has 5 nitrogen and oxygen atoms in total. The van der Waals surface area contributed by atoms with E-state index in [0.717, 1.165) is 43.2 Å². The molecule has 21 heavy (non-hydrogen) atoms.